The molecule has 3 aromatic carbocycles. The molecule has 0 spiro atoms. The minimum Gasteiger partial charge on any atom is -0.497 e. The molecule has 0 heterocycles. The molecule has 0 bridgehead atoms. The smallest absolute Gasteiger partial charge is 0.224 e. The Morgan fingerprint density at radius 3 is 2.34 bits per heavy atom. The van der Waals surface area contributed by atoms with E-state index in [-0.39, 0.29) is 12.3 Å². The van der Waals surface area contributed by atoms with Crippen LogP contribution in [-0.2, 0) is 24.4 Å². The molecule has 29 heavy (non-hydrogen) atoms. The number of hydrogen-bond acceptors (Lipinski definition) is 4. The molecule has 150 valence electrons. The number of methoxy groups -OCH3 is 2. The fraction of sp³-hybridized carbons (Fsp3) is 0.208. The maximum Gasteiger partial charge on any atom is 0.224 e. The second kappa shape index (κ2) is 10.2. The van der Waals surface area contributed by atoms with E-state index in [4.69, 9.17) is 14.2 Å². The van der Waals surface area contributed by atoms with Crippen LogP contribution < -0.4 is 19.5 Å². The Balaban J connectivity index is 1.61. The Morgan fingerprint density at radius 1 is 0.828 bits per heavy atom. The fourth-order valence-electron chi connectivity index (χ4n) is 2.98. The zero-order valence-electron chi connectivity index (χ0n) is 16.7. The van der Waals surface area contributed by atoms with Gasteiger partial charge in [-0.3, -0.25) is 4.79 Å². The molecule has 0 saturated heterocycles. The number of ether oxygens (including phenoxy) is 3. The summed E-state index contributed by atoms with van der Waals surface area (Å²) in [6, 6.07) is 23.1. The fourth-order valence-corrected chi connectivity index (χ4v) is 2.98. The van der Waals surface area contributed by atoms with E-state index in [1.54, 1.807) is 26.4 Å². The molecule has 0 aliphatic heterocycles. The first kappa shape index (κ1) is 20.3. The summed E-state index contributed by atoms with van der Waals surface area (Å²) in [5.74, 6) is 2.01. The van der Waals surface area contributed by atoms with Crippen LogP contribution in [0.15, 0.2) is 72.8 Å². The highest BCUT2D eigenvalue weighted by Gasteiger charge is 2.11. The third-order valence-electron chi connectivity index (χ3n) is 4.52. The number of para-hydroxylation sites is 1. The van der Waals surface area contributed by atoms with E-state index in [0.29, 0.717) is 24.7 Å². The van der Waals surface area contributed by atoms with Gasteiger partial charge in [-0.1, -0.05) is 48.5 Å². The second-order valence-corrected chi connectivity index (χ2v) is 6.51. The average molecular weight is 391 g/mol. The van der Waals surface area contributed by atoms with Gasteiger partial charge in [0.2, 0.25) is 5.91 Å². The standard InChI is InChI=1S/C24H25NO4/c1-27-21-12-13-22(28-2)20(14-21)15-24(26)25-16-19-10-6-7-11-23(19)29-17-18-8-4-3-5-9-18/h3-14H,15-17H2,1-2H3,(H,25,26). The molecule has 1 amide bonds. The van der Waals surface area contributed by atoms with Crippen molar-refractivity contribution in [3.05, 3.63) is 89.5 Å². The van der Waals surface area contributed by atoms with Crippen molar-refractivity contribution >= 4 is 5.91 Å². The summed E-state index contributed by atoms with van der Waals surface area (Å²) in [7, 11) is 3.18. The molecule has 0 atom stereocenters. The maximum atomic E-state index is 12.5. The lowest BCUT2D eigenvalue weighted by Gasteiger charge is -2.13. The van der Waals surface area contributed by atoms with E-state index >= 15 is 0 Å². The van der Waals surface area contributed by atoms with Crippen molar-refractivity contribution in [2.24, 2.45) is 0 Å². The summed E-state index contributed by atoms with van der Waals surface area (Å²) < 4.78 is 16.5. The minimum atomic E-state index is -0.102. The van der Waals surface area contributed by atoms with Gasteiger partial charge in [-0.25, -0.2) is 0 Å². The number of amides is 1. The molecule has 0 saturated carbocycles. The van der Waals surface area contributed by atoms with E-state index < -0.39 is 0 Å². The lowest BCUT2D eigenvalue weighted by Crippen LogP contribution is -2.25. The molecule has 0 aliphatic rings. The van der Waals surface area contributed by atoms with Gasteiger partial charge >= 0.3 is 0 Å². The zero-order valence-corrected chi connectivity index (χ0v) is 16.7. The number of hydrogen-bond donors (Lipinski definition) is 1. The summed E-state index contributed by atoms with van der Waals surface area (Å²) in [4.78, 5) is 12.5. The molecule has 0 unspecified atom stereocenters. The first-order valence-corrected chi connectivity index (χ1v) is 9.42. The molecule has 0 aromatic heterocycles. The summed E-state index contributed by atoms with van der Waals surface area (Å²) >= 11 is 0. The summed E-state index contributed by atoms with van der Waals surface area (Å²) in [5, 5.41) is 2.96. The van der Waals surface area contributed by atoms with Crippen molar-refractivity contribution < 1.29 is 19.0 Å². The van der Waals surface area contributed by atoms with Gasteiger partial charge in [0.1, 0.15) is 23.9 Å². The van der Waals surface area contributed by atoms with Crippen LogP contribution in [0.5, 0.6) is 17.2 Å². The topological polar surface area (TPSA) is 56.8 Å². The monoisotopic (exact) mass is 391 g/mol. The van der Waals surface area contributed by atoms with Gasteiger partial charge in [0.05, 0.1) is 20.6 Å². The van der Waals surface area contributed by atoms with Gasteiger partial charge in [-0.15, -0.1) is 0 Å². The Labute approximate surface area is 171 Å². The highest BCUT2D eigenvalue weighted by atomic mass is 16.5. The molecule has 3 aromatic rings. The van der Waals surface area contributed by atoms with Gasteiger partial charge in [0.25, 0.3) is 0 Å². The highest BCUT2D eigenvalue weighted by molar-refractivity contribution is 5.79. The van der Waals surface area contributed by atoms with Gasteiger partial charge in [-0.2, -0.15) is 0 Å². The van der Waals surface area contributed by atoms with Crippen LogP contribution in [0.1, 0.15) is 16.7 Å². The highest BCUT2D eigenvalue weighted by Crippen LogP contribution is 2.24. The average Bonchev–Trinajstić information content (AvgIpc) is 2.77. The summed E-state index contributed by atoms with van der Waals surface area (Å²) in [5.41, 5.74) is 2.80. The van der Waals surface area contributed by atoms with E-state index in [9.17, 15) is 4.79 Å². The zero-order chi connectivity index (χ0) is 20.5. The lowest BCUT2D eigenvalue weighted by molar-refractivity contribution is -0.120. The van der Waals surface area contributed by atoms with Crippen molar-refractivity contribution in [2.45, 2.75) is 19.6 Å². The predicted molar refractivity (Wildman–Crippen MR) is 112 cm³/mol. The van der Waals surface area contributed by atoms with Crippen LogP contribution in [0.2, 0.25) is 0 Å². The molecule has 5 nitrogen and oxygen atoms in total. The Morgan fingerprint density at radius 2 is 1.59 bits per heavy atom. The molecular formula is C24H25NO4. The quantitative estimate of drug-likeness (QED) is 0.596. The van der Waals surface area contributed by atoms with E-state index in [2.05, 4.69) is 5.32 Å². The first-order valence-electron chi connectivity index (χ1n) is 9.42. The Bertz CT molecular complexity index is 941. The van der Waals surface area contributed by atoms with Gasteiger partial charge in [0.15, 0.2) is 0 Å². The largest absolute Gasteiger partial charge is 0.497 e. The maximum absolute atomic E-state index is 12.5. The van der Waals surface area contributed by atoms with E-state index in [1.165, 1.54) is 0 Å². The van der Waals surface area contributed by atoms with Crippen LogP contribution in [0.25, 0.3) is 0 Å². The molecule has 5 heteroatoms. The first-order chi connectivity index (χ1) is 14.2. The molecule has 0 fully saturated rings. The second-order valence-electron chi connectivity index (χ2n) is 6.51. The van der Waals surface area contributed by atoms with Crippen LogP contribution in [0, 0.1) is 0 Å². The molecule has 0 radical (unpaired) electrons. The number of rotatable bonds is 9. The summed E-state index contributed by atoms with van der Waals surface area (Å²) in [6.07, 6.45) is 0.202. The third kappa shape index (κ3) is 5.75. The summed E-state index contributed by atoms with van der Waals surface area (Å²) in [6.45, 7) is 0.864. The molecular weight excluding hydrogens is 366 g/mol. The third-order valence-corrected chi connectivity index (χ3v) is 4.52. The van der Waals surface area contributed by atoms with Crippen molar-refractivity contribution in [2.75, 3.05) is 14.2 Å². The van der Waals surface area contributed by atoms with Gasteiger partial charge < -0.3 is 19.5 Å². The predicted octanol–water partition coefficient (Wildman–Crippen LogP) is 4.14. The SMILES string of the molecule is COc1ccc(OC)c(CC(=O)NCc2ccccc2OCc2ccccc2)c1. The molecule has 1 N–H and O–H groups in total. The van der Waals surface area contributed by atoms with E-state index in [1.807, 2.05) is 60.7 Å². The van der Waals surface area contributed by atoms with Crippen LogP contribution in [-0.4, -0.2) is 20.1 Å². The normalized spacial score (nSPS) is 10.3. The molecule has 3 rings (SSSR count). The molecule has 0 aliphatic carbocycles. The van der Waals surface area contributed by atoms with Crippen molar-refractivity contribution in [3.8, 4) is 17.2 Å². The van der Waals surface area contributed by atoms with Crippen LogP contribution >= 0.6 is 0 Å². The van der Waals surface area contributed by atoms with Crippen molar-refractivity contribution in [1.82, 2.24) is 5.32 Å². The van der Waals surface area contributed by atoms with E-state index in [0.717, 1.165) is 22.4 Å². The van der Waals surface area contributed by atoms with Crippen LogP contribution in [0.3, 0.4) is 0 Å². The van der Waals surface area contributed by atoms with Gasteiger partial charge in [-0.05, 0) is 29.8 Å². The number of carbonyl (C=O) groups is 1. The van der Waals surface area contributed by atoms with Crippen molar-refractivity contribution in [3.63, 3.8) is 0 Å². The van der Waals surface area contributed by atoms with Gasteiger partial charge in [0, 0.05) is 17.7 Å². The minimum absolute atomic E-state index is 0.102. The Hall–Kier alpha value is -3.47. The number of carbonyl (C=O) groups excluding carboxylic acids is 1. The lowest BCUT2D eigenvalue weighted by atomic mass is 10.1. The number of benzene rings is 3. The number of nitrogens with one attached hydrogen (secondary N) is 1. The van der Waals surface area contributed by atoms with Crippen LogP contribution in [0.4, 0.5) is 0 Å². The Kier molecular flexibility index (Phi) is 7.11. The van der Waals surface area contributed by atoms with Crippen molar-refractivity contribution in [1.29, 1.82) is 0 Å².